The molecule has 0 amide bonds. The van der Waals surface area contributed by atoms with Crippen LogP contribution in [0.15, 0.2) is 58.7 Å². The summed E-state index contributed by atoms with van der Waals surface area (Å²) in [5, 5.41) is 13.3. The molecule has 0 saturated carbocycles. The second-order valence-electron chi connectivity index (χ2n) is 5.88. The first-order chi connectivity index (χ1) is 12.8. The van der Waals surface area contributed by atoms with Crippen LogP contribution >= 0.6 is 0 Å². The topological polar surface area (TPSA) is 49.7 Å². The zero-order valence-corrected chi connectivity index (χ0v) is 15.2. The first-order valence-corrected chi connectivity index (χ1v) is 8.64. The molecule has 1 aliphatic rings. The van der Waals surface area contributed by atoms with Crippen LogP contribution in [0.5, 0.6) is 11.5 Å². The molecule has 1 fully saturated rings. The number of hydrogen-bond donors (Lipinski definition) is 0. The standard InChI is InChI=1S/C20H24N4O2/c1-25-19-9-5-3-7-17(19)15-21-23-11-13-24(14-12-23)22-16-18-8-4-6-10-20(18)26-2/h3-10,15-16H,11-14H2,1-2H3/b21-15-,22-16-. The number of para-hydroxylation sites is 2. The molecule has 1 aliphatic heterocycles. The van der Waals surface area contributed by atoms with Crippen molar-refractivity contribution in [2.45, 2.75) is 0 Å². The van der Waals surface area contributed by atoms with Crippen LogP contribution in [0.25, 0.3) is 0 Å². The Morgan fingerprint density at radius 3 is 1.46 bits per heavy atom. The molecule has 0 radical (unpaired) electrons. The smallest absolute Gasteiger partial charge is 0.127 e. The third-order valence-electron chi connectivity index (χ3n) is 4.23. The van der Waals surface area contributed by atoms with Gasteiger partial charge in [-0.3, -0.25) is 10.0 Å². The molecule has 26 heavy (non-hydrogen) atoms. The lowest BCUT2D eigenvalue weighted by Gasteiger charge is -2.31. The Morgan fingerprint density at radius 1 is 0.692 bits per heavy atom. The predicted octanol–water partition coefficient (Wildman–Crippen LogP) is 2.69. The number of hydrogen-bond acceptors (Lipinski definition) is 6. The van der Waals surface area contributed by atoms with Crippen molar-refractivity contribution in [1.82, 2.24) is 10.0 Å². The van der Waals surface area contributed by atoms with Gasteiger partial charge >= 0.3 is 0 Å². The molecule has 6 nitrogen and oxygen atoms in total. The van der Waals surface area contributed by atoms with Crippen molar-refractivity contribution in [3.63, 3.8) is 0 Å². The Labute approximate surface area is 154 Å². The summed E-state index contributed by atoms with van der Waals surface area (Å²) in [4.78, 5) is 0. The Hall–Kier alpha value is -3.02. The average Bonchev–Trinajstić information content (AvgIpc) is 2.72. The van der Waals surface area contributed by atoms with E-state index in [4.69, 9.17) is 9.47 Å². The minimum absolute atomic E-state index is 0.828. The Bertz CT molecular complexity index is 702. The first kappa shape index (κ1) is 17.8. The normalized spacial score (nSPS) is 15.0. The van der Waals surface area contributed by atoms with Gasteiger partial charge in [0.1, 0.15) is 11.5 Å². The molecule has 1 heterocycles. The third kappa shape index (κ3) is 4.53. The maximum absolute atomic E-state index is 5.35. The summed E-state index contributed by atoms with van der Waals surface area (Å²) in [5.74, 6) is 1.66. The molecule has 136 valence electrons. The number of rotatable bonds is 6. The average molecular weight is 352 g/mol. The lowest BCUT2D eigenvalue weighted by molar-refractivity contribution is 0.141. The van der Waals surface area contributed by atoms with E-state index in [-0.39, 0.29) is 0 Å². The molecule has 2 aromatic carbocycles. The van der Waals surface area contributed by atoms with Crippen molar-refractivity contribution in [2.75, 3.05) is 40.4 Å². The van der Waals surface area contributed by atoms with Crippen LogP contribution in [-0.4, -0.2) is 62.8 Å². The fourth-order valence-electron chi connectivity index (χ4n) is 2.75. The maximum Gasteiger partial charge on any atom is 0.127 e. The van der Waals surface area contributed by atoms with E-state index in [0.29, 0.717) is 0 Å². The molecule has 0 spiro atoms. The summed E-state index contributed by atoms with van der Waals surface area (Å²) in [6.45, 7) is 3.31. The predicted molar refractivity (Wildman–Crippen MR) is 104 cm³/mol. The summed E-state index contributed by atoms with van der Waals surface area (Å²) >= 11 is 0. The summed E-state index contributed by atoms with van der Waals surface area (Å²) < 4.78 is 10.7. The minimum atomic E-state index is 0.828. The van der Waals surface area contributed by atoms with Gasteiger partial charge in [0.15, 0.2) is 0 Å². The highest BCUT2D eigenvalue weighted by molar-refractivity contribution is 5.83. The highest BCUT2D eigenvalue weighted by atomic mass is 16.5. The van der Waals surface area contributed by atoms with Crippen molar-refractivity contribution >= 4 is 12.4 Å². The molecule has 0 aromatic heterocycles. The van der Waals surface area contributed by atoms with Crippen LogP contribution in [0, 0.1) is 0 Å². The zero-order chi connectivity index (χ0) is 18.2. The molecule has 1 saturated heterocycles. The second kappa shape index (κ2) is 8.89. The fraction of sp³-hybridized carbons (Fsp3) is 0.300. The van der Waals surface area contributed by atoms with Crippen molar-refractivity contribution in [1.29, 1.82) is 0 Å². The van der Waals surface area contributed by atoms with E-state index >= 15 is 0 Å². The lowest BCUT2D eigenvalue weighted by atomic mass is 10.2. The number of benzene rings is 2. The molecule has 3 rings (SSSR count). The molecule has 0 atom stereocenters. The van der Waals surface area contributed by atoms with Crippen LogP contribution in [0.2, 0.25) is 0 Å². The van der Waals surface area contributed by atoms with Crippen LogP contribution in [0.1, 0.15) is 11.1 Å². The van der Waals surface area contributed by atoms with Gasteiger partial charge in [-0.05, 0) is 24.3 Å². The number of ether oxygens (including phenoxy) is 2. The highest BCUT2D eigenvalue weighted by Crippen LogP contribution is 2.16. The van der Waals surface area contributed by atoms with E-state index in [1.165, 1.54) is 0 Å². The van der Waals surface area contributed by atoms with E-state index in [9.17, 15) is 0 Å². The van der Waals surface area contributed by atoms with Gasteiger partial charge in [-0.25, -0.2) is 0 Å². The van der Waals surface area contributed by atoms with Gasteiger partial charge in [0, 0.05) is 11.1 Å². The van der Waals surface area contributed by atoms with Crippen molar-refractivity contribution in [3.8, 4) is 11.5 Å². The third-order valence-corrected chi connectivity index (χ3v) is 4.23. The second-order valence-corrected chi connectivity index (χ2v) is 5.88. The van der Waals surface area contributed by atoms with Gasteiger partial charge in [-0.2, -0.15) is 10.2 Å². The summed E-state index contributed by atoms with van der Waals surface area (Å²) in [7, 11) is 3.34. The zero-order valence-electron chi connectivity index (χ0n) is 15.2. The summed E-state index contributed by atoms with van der Waals surface area (Å²) in [6, 6.07) is 15.7. The van der Waals surface area contributed by atoms with Crippen LogP contribution in [-0.2, 0) is 0 Å². The van der Waals surface area contributed by atoms with Crippen molar-refractivity contribution in [2.24, 2.45) is 10.2 Å². The molecule has 2 aromatic rings. The Kier molecular flexibility index (Phi) is 6.09. The van der Waals surface area contributed by atoms with Gasteiger partial charge in [0.25, 0.3) is 0 Å². The van der Waals surface area contributed by atoms with Crippen LogP contribution in [0.3, 0.4) is 0 Å². The lowest BCUT2D eigenvalue weighted by Crippen LogP contribution is -2.41. The Balaban J connectivity index is 1.54. The van der Waals surface area contributed by atoms with E-state index in [1.54, 1.807) is 14.2 Å². The van der Waals surface area contributed by atoms with Crippen molar-refractivity contribution in [3.05, 3.63) is 59.7 Å². The van der Waals surface area contributed by atoms with E-state index < -0.39 is 0 Å². The number of piperazine rings is 1. The number of hydrazone groups is 2. The van der Waals surface area contributed by atoms with E-state index in [2.05, 4.69) is 20.2 Å². The van der Waals surface area contributed by atoms with E-state index in [0.717, 1.165) is 48.8 Å². The number of nitrogens with zero attached hydrogens (tertiary/aromatic N) is 4. The number of methoxy groups -OCH3 is 2. The maximum atomic E-state index is 5.35. The van der Waals surface area contributed by atoms with E-state index in [1.807, 2.05) is 61.0 Å². The van der Waals surface area contributed by atoms with Gasteiger partial charge in [-0.1, -0.05) is 24.3 Å². The molecule has 0 bridgehead atoms. The highest BCUT2D eigenvalue weighted by Gasteiger charge is 2.13. The van der Waals surface area contributed by atoms with Crippen molar-refractivity contribution < 1.29 is 9.47 Å². The molecule has 0 unspecified atom stereocenters. The molecule has 0 aliphatic carbocycles. The molecule has 6 heteroatoms. The quantitative estimate of drug-likeness (QED) is 0.750. The summed E-state index contributed by atoms with van der Waals surface area (Å²) in [6.07, 6.45) is 3.71. The van der Waals surface area contributed by atoms with Gasteiger partial charge in [-0.15, -0.1) is 0 Å². The Morgan fingerprint density at radius 2 is 1.08 bits per heavy atom. The minimum Gasteiger partial charge on any atom is -0.496 e. The van der Waals surface area contributed by atoms with Gasteiger partial charge in [0.05, 0.1) is 52.8 Å². The van der Waals surface area contributed by atoms with Crippen LogP contribution in [0.4, 0.5) is 0 Å². The summed E-state index contributed by atoms with van der Waals surface area (Å²) in [5.41, 5.74) is 1.96. The largest absolute Gasteiger partial charge is 0.496 e. The van der Waals surface area contributed by atoms with Crippen LogP contribution < -0.4 is 9.47 Å². The fourth-order valence-corrected chi connectivity index (χ4v) is 2.75. The molecular weight excluding hydrogens is 328 g/mol. The monoisotopic (exact) mass is 352 g/mol. The SMILES string of the molecule is COc1ccccc1/C=N\N1CCN(/N=C\c2ccccc2OC)CC1. The molecule has 0 N–H and O–H groups in total. The van der Waals surface area contributed by atoms with Gasteiger partial charge in [0.2, 0.25) is 0 Å². The van der Waals surface area contributed by atoms with Gasteiger partial charge < -0.3 is 9.47 Å². The molecular formula is C20H24N4O2. The first-order valence-electron chi connectivity index (χ1n) is 8.64.